The van der Waals surface area contributed by atoms with Crippen molar-refractivity contribution in [2.45, 2.75) is 31.3 Å². The summed E-state index contributed by atoms with van der Waals surface area (Å²) in [7, 11) is 0. The summed E-state index contributed by atoms with van der Waals surface area (Å²) in [6.07, 6.45) is 0.109. The molecule has 1 unspecified atom stereocenters. The van der Waals surface area contributed by atoms with Crippen LogP contribution in [0.2, 0.25) is 0 Å². The molecule has 2 heterocycles. The van der Waals surface area contributed by atoms with Crippen LogP contribution in [0.15, 0.2) is 29.1 Å². The largest absolute Gasteiger partial charge is 0.481 e. The SMILES string of the molecule is Nc1nc2c(c(=O)[nH]1)N[C@@H](CCNc1ccc(C(=O)NC(CCC(=O)O)C(=O)O)cc1)CN2. The molecule has 176 valence electrons. The number of amides is 1. The highest BCUT2D eigenvalue weighted by Crippen LogP contribution is 2.21. The Morgan fingerprint density at radius 2 is 1.94 bits per heavy atom. The number of aromatic nitrogens is 2. The van der Waals surface area contributed by atoms with E-state index in [2.05, 4.69) is 31.2 Å². The van der Waals surface area contributed by atoms with E-state index in [0.717, 1.165) is 5.69 Å². The van der Waals surface area contributed by atoms with Crippen molar-refractivity contribution in [3.05, 3.63) is 40.2 Å². The summed E-state index contributed by atoms with van der Waals surface area (Å²) in [5.74, 6) is -2.57. The standard InChI is InChI=1S/C20H25N7O6/c21-20-26-16-15(18(31)27-20)24-12(9-23-16)7-8-22-11-3-1-10(2-4-11)17(30)25-13(19(32)33)5-6-14(28)29/h1-4,12-13,22,24H,5-9H2,(H,25,30)(H,28,29)(H,32,33)(H4,21,23,26,27,31)/t12-,13?/m0/s1. The average Bonchev–Trinajstić information content (AvgIpc) is 2.77. The highest BCUT2D eigenvalue weighted by Gasteiger charge is 2.22. The minimum absolute atomic E-state index is 0.0136. The van der Waals surface area contributed by atoms with E-state index in [1.807, 2.05) is 0 Å². The maximum atomic E-state index is 12.3. The van der Waals surface area contributed by atoms with E-state index in [1.54, 1.807) is 24.3 Å². The first kappa shape index (κ1) is 23.4. The van der Waals surface area contributed by atoms with Crippen LogP contribution < -0.4 is 32.6 Å². The quantitative estimate of drug-likeness (QED) is 0.239. The molecule has 0 bridgehead atoms. The Morgan fingerprint density at radius 3 is 2.61 bits per heavy atom. The number of aromatic amines is 1. The van der Waals surface area contributed by atoms with E-state index >= 15 is 0 Å². The van der Waals surface area contributed by atoms with Gasteiger partial charge in [0.1, 0.15) is 11.7 Å². The third kappa shape index (κ3) is 6.35. The van der Waals surface area contributed by atoms with E-state index in [1.165, 1.54) is 0 Å². The van der Waals surface area contributed by atoms with Crippen molar-refractivity contribution in [3.8, 4) is 0 Å². The Balaban J connectivity index is 1.48. The molecule has 1 aliphatic rings. The van der Waals surface area contributed by atoms with E-state index < -0.39 is 23.9 Å². The van der Waals surface area contributed by atoms with Gasteiger partial charge in [0.05, 0.1) is 0 Å². The lowest BCUT2D eigenvalue weighted by atomic mass is 10.1. The summed E-state index contributed by atoms with van der Waals surface area (Å²) in [6.45, 7) is 1.15. The molecule has 33 heavy (non-hydrogen) atoms. The minimum Gasteiger partial charge on any atom is -0.481 e. The van der Waals surface area contributed by atoms with Gasteiger partial charge in [-0.05, 0) is 37.1 Å². The fourth-order valence-electron chi connectivity index (χ4n) is 3.30. The molecular weight excluding hydrogens is 434 g/mol. The van der Waals surface area contributed by atoms with Gasteiger partial charge in [0.2, 0.25) is 5.95 Å². The number of carboxylic acids is 2. The molecule has 1 amide bonds. The molecule has 0 saturated heterocycles. The van der Waals surface area contributed by atoms with Crippen LogP contribution in [0.3, 0.4) is 0 Å². The maximum absolute atomic E-state index is 12.3. The first-order valence-electron chi connectivity index (χ1n) is 10.2. The number of nitrogens with two attached hydrogens (primary N) is 1. The number of H-pyrrole nitrogens is 1. The summed E-state index contributed by atoms with van der Waals surface area (Å²) < 4.78 is 0. The Hall–Kier alpha value is -4.29. The fourth-order valence-corrected chi connectivity index (χ4v) is 3.30. The number of hydrogen-bond acceptors (Lipinski definition) is 9. The zero-order valence-corrected chi connectivity index (χ0v) is 17.6. The van der Waals surface area contributed by atoms with Crippen molar-refractivity contribution < 1.29 is 24.6 Å². The lowest BCUT2D eigenvalue weighted by Gasteiger charge is -2.27. The van der Waals surface area contributed by atoms with Gasteiger partial charge in [-0.25, -0.2) is 4.79 Å². The van der Waals surface area contributed by atoms with Crippen molar-refractivity contribution in [1.29, 1.82) is 0 Å². The summed E-state index contributed by atoms with van der Waals surface area (Å²) in [5, 5.41) is 29.6. The van der Waals surface area contributed by atoms with Crippen LogP contribution >= 0.6 is 0 Å². The third-order valence-electron chi connectivity index (χ3n) is 5.02. The topological polar surface area (TPSA) is 212 Å². The van der Waals surface area contributed by atoms with Crippen LogP contribution in [0.25, 0.3) is 0 Å². The lowest BCUT2D eigenvalue weighted by Crippen LogP contribution is -2.41. The smallest absolute Gasteiger partial charge is 0.326 e. The van der Waals surface area contributed by atoms with Crippen LogP contribution in [0, 0.1) is 0 Å². The van der Waals surface area contributed by atoms with E-state index in [0.29, 0.717) is 31.0 Å². The molecule has 2 aromatic rings. The Labute approximate surface area is 187 Å². The molecule has 0 radical (unpaired) electrons. The highest BCUT2D eigenvalue weighted by molar-refractivity contribution is 5.96. The minimum atomic E-state index is -1.29. The molecule has 1 aromatic carbocycles. The fraction of sp³-hybridized carbons (Fsp3) is 0.350. The molecule has 13 heteroatoms. The van der Waals surface area contributed by atoms with Crippen molar-refractivity contribution in [2.75, 3.05) is 34.8 Å². The van der Waals surface area contributed by atoms with Crippen molar-refractivity contribution in [2.24, 2.45) is 0 Å². The number of carboxylic acid groups (broad SMARTS) is 2. The number of hydrogen-bond donors (Lipinski definition) is 8. The molecule has 2 atom stereocenters. The maximum Gasteiger partial charge on any atom is 0.326 e. The first-order valence-corrected chi connectivity index (χ1v) is 10.2. The lowest BCUT2D eigenvalue weighted by molar-refractivity contribution is -0.140. The average molecular weight is 459 g/mol. The number of carbonyl (C=O) groups is 3. The van der Waals surface area contributed by atoms with E-state index in [-0.39, 0.29) is 36.0 Å². The summed E-state index contributed by atoms with van der Waals surface area (Å²) in [6, 6.07) is 5.15. The molecule has 13 nitrogen and oxygen atoms in total. The summed E-state index contributed by atoms with van der Waals surface area (Å²) in [5.41, 5.74) is 6.54. The summed E-state index contributed by atoms with van der Waals surface area (Å²) in [4.78, 5) is 52.7. The Bertz CT molecular complexity index is 1090. The molecule has 0 aliphatic carbocycles. The number of fused-ring (bicyclic) bond motifs is 1. The molecule has 0 saturated carbocycles. The second kappa shape index (κ2) is 10.3. The number of nitrogens with zero attached hydrogens (tertiary/aromatic N) is 1. The Morgan fingerprint density at radius 1 is 1.21 bits per heavy atom. The van der Waals surface area contributed by atoms with Gasteiger partial charge in [-0.15, -0.1) is 0 Å². The van der Waals surface area contributed by atoms with Crippen molar-refractivity contribution >= 4 is 41.0 Å². The van der Waals surface area contributed by atoms with Crippen LogP contribution in [-0.4, -0.2) is 63.2 Å². The normalized spacial score (nSPS) is 15.3. The van der Waals surface area contributed by atoms with E-state index in [4.69, 9.17) is 15.9 Å². The van der Waals surface area contributed by atoms with Crippen molar-refractivity contribution in [1.82, 2.24) is 15.3 Å². The molecular formula is C20H25N7O6. The summed E-state index contributed by atoms with van der Waals surface area (Å²) >= 11 is 0. The van der Waals surface area contributed by atoms with Gasteiger partial charge in [0.15, 0.2) is 5.82 Å². The molecule has 0 spiro atoms. The molecule has 3 rings (SSSR count). The van der Waals surface area contributed by atoms with Crippen LogP contribution in [-0.2, 0) is 9.59 Å². The second-order valence-electron chi connectivity index (χ2n) is 7.49. The highest BCUT2D eigenvalue weighted by atomic mass is 16.4. The van der Waals surface area contributed by atoms with Gasteiger partial charge in [0.25, 0.3) is 11.5 Å². The van der Waals surface area contributed by atoms with Gasteiger partial charge < -0.3 is 37.2 Å². The predicted molar refractivity (Wildman–Crippen MR) is 120 cm³/mol. The molecule has 0 fully saturated rings. The number of carbonyl (C=O) groups excluding carboxylic acids is 1. The van der Waals surface area contributed by atoms with Crippen LogP contribution in [0.1, 0.15) is 29.6 Å². The molecule has 1 aromatic heterocycles. The van der Waals surface area contributed by atoms with Crippen LogP contribution in [0.4, 0.5) is 23.1 Å². The number of aliphatic carboxylic acids is 2. The van der Waals surface area contributed by atoms with Gasteiger partial charge >= 0.3 is 11.9 Å². The van der Waals surface area contributed by atoms with Gasteiger partial charge in [-0.2, -0.15) is 4.98 Å². The second-order valence-corrected chi connectivity index (χ2v) is 7.49. The monoisotopic (exact) mass is 459 g/mol. The zero-order chi connectivity index (χ0) is 24.0. The van der Waals surface area contributed by atoms with E-state index in [9.17, 15) is 19.2 Å². The zero-order valence-electron chi connectivity index (χ0n) is 17.6. The number of nitrogens with one attached hydrogen (secondary N) is 5. The third-order valence-corrected chi connectivity index (χ3v) is 5.02. The Kier molecular flexibility index (Phi) is 7.33. The van der Waals surface area contributed by atoms with Crippen molar-refractivity contribution in [3.63, 3.8) is 0 Å². The van der Waals surface area contributed by atoms with Gasteiger partial charge in [0, 0.05) is 36.8 Å². The van der Waals surface area contributed by atoms with Gasteiger partial charge in [-0.1, -0.05) is 0 Å². The number of benzene rings is 1. The number of nitrogen functional groups attached to an aromatic ring is 1. The number of rotatable bonds is 10. The first-order chi connectivity index (χ1) is 15.7. The molecule has 9 N–H and O–H groups in total. The molecule has 1 aliphatic heterocycles. The number of anilines is 4. The predicted octanol–water partition coefficient (Wildman–Crippen LogP) is 0.108. The van der Waals surface area contributed by atoms with Crippen LogP contribution in [0.5, 0.6) is 0 Å². The van der Waals surface area contributed by atoms with Gasteiger partial charge in [-0.3, -0.25) is 19.4 Å².